The van der Waals surface area contributed by atoms with E-state index in [1.807, 2.05) is 28.8 Å². The van der Waals surface area contributed by atoms with Gasteiger partial charge in [-0.15, -0.1) is 0 Å². The van der Waals surface area contributed by atoms with Crippen LogP contribution < -0.4 is 9.62 Å². The lowest BCUT2D eigenvalue weighted by molar-refractivity contribution is -0.116. The third-order valence-corrected chi connectivity index (χ3v) is 6.71. The van der Waals surface area contributed by atoms with Gasteiger partial charge in [-0.3, -0.25) is 4.79 Å². The number of aryl methyl sites for hydroxylation is 2. The van der Waals surface area contributed by atoms with E-state index in [0.29, 0.717) is 26.1 Å². The van der Waals surface area contributed by atoms with Gasteiger partial charge in [-0.1, -0.05) is 12.1 Å². The largest absolute Gasteiger partial charge is 0.331 e. The van der Waals surface area contributed by atoms with Gasteiger partial charge in [-0.05, 0) is 55.2 Å². The van der Waals surface area contributed by atoms with Crippen molar-refractivity contribution in [3.05, 3.63) is 54.4 Å². The molecule has 4 rings (SSSR count). The first-order valence-electron chi connectivity index (χ1n) is 9.76. The maximum Gasteiger partial charge on any atom is 0.240 e. The molecule has 0 radical (unpaired) electrons. The molecule has 3 aromatic rings. The van der Waals surface area contributed by atoms with E-state index in [1.165, 1.54) is 6.92 Å². The predicted octanol–water partition coefficient (Wildman–Crippen LogP) is 2.70. The number of para-hydroxylation sites is 2. The quantitative estimate of drug-likeness (QED) is 0.631. The Hall–Kier alpha value is -2.71. The second-order valence-corrected chi connectivity index (χ2v) is 9.01. The number of aromatic nitrogens is 2. The number of rotatable bonds is 6. The van der Waals surface area contributed by atoms with E-state index in [9.17, 15) is 13.2 Å². The van der Waals surface area contributed by atoms with E-state index in [2.05, 4.69) is 9.71 Å². The van der Waals surface area contributed by atoms with E-state index < -0.39 is 10.0 Å². The highest BCUT2D eigenvalue weighted by molar-refractivity contribution is 7.89. The number of anilines is 1. The molecule has 0 saturated heterocycles. The van der Waals surface area contributed by atoms with Crippen LogP contribution in [0.25, 0.3) is 11.0 Å². The van der Waals surface area contributed by atoms with Crippen molar-refractivity contribution in [2.24, 2.45) is 0 Å². The Labute approximate surface area is 170 Å². The summed E-state index contributed by atoms with van der Waals surface area (Å²) in [4.78, 5) is 18.1. The molecule has 0 aliphatic carbocycles. The molecule has 8 heteroatoms. The molecular weight excluding hydrogens is 388 g/mol. The summed E-state index contributed by atoms with van der Waals surface area (Å²) in [6, 6.07) is 12.9. The summed E-state index contributed by atoms with van der Waals surface area (Å²) in [5.74, 6) is -0.0216. The number of sulfonamides is 1. The van der Waals surface area contributed by atoms with Crippen LogP contribution in [-0.4, -0.2) is 37.0 Å². The highest BCUT2D eigenvalue weighted by Crippen LogP contribution is 2.29. The van der Waals surface area contributed by atoms with Gasteiger partial charge in [0.15, 0.2) is 0 Å². The van der Waals surface area contributed by atoms with Gasteiger partial charge in [0.1, 0.15) is 0 Å². The first kappa shape index (κ1) is 19.6. The maximum absolute atomic E-state index is 12.7. The van der Waals surface area contributed by atoms with Crippen molar-refractivity contribution < 1.29 is 13.2 Å². The van der Waals surface area contributed by atoms with Gasteiger partial charge >= 0.3 is 0 Å². The zero-order valence-corrected chi connectivity index (χ0v) is 17.2. The third kappa shape index (κ3) is 4.04. The molecule has 7 nitrogen and oxygen atoms in total. The molecule has 1 N–H and O–H groups in total. The molecule has 0 atom stereocenters. The predicted molar refractivity (Wildman–Crippen MR) is 112 cm³/mol. The topological polar surface area (TPSA) is 84.3 Å². The van der Waals surface area contributed by atoms with Crippen molar-refractivity contribution in [3.63, 3.8) is 0 Å². The van der Waals surface area contributed by atoms with Gasteiger partial charge in [0.25, 0.3) is 0 Å². The van der Waals surface area contributed by atoms with Gasteiger partial charge in [0.05, 0.1) is 22.3 Å². The molecule has 0 fully saturated rings. The van der Waals surface area contributed by atoms with Crippen molar-refractivity contribution in [1.82, 2.24) is 14.3 Å². The van der Waals surface area contributed by atoms with Crippen LogP contribution in [0.1, 0.15) is 25.3 Å². The van der Waals surface area contributed by atoms with Crippen LogP contribution >= 0.6 is 0 Å². The number of hydrogen-bond donors (Lipinski definition) is 1. The molecule has 0 bridgehead atoms. The molecule has 0 saturated carbocycles. The van der Waals surface area contributed by atoms with E-state index in [-0.39, 0.29) is 10.8 Å². The molecule has 0 unspecified atom stereocenters. The number of amides is 1. The first-order chi connectivity index (χ1) is 14.0. The second kappa shape index (κ2) is 7.96. The number of fused-ring (bicyclic) bond motifs is 2. The van der Waals surface area contributed by atoms with E-state index in [1.54, 1.807) is 29.4 Å². The normalized spacial score (nSPS) is 14.2. The molecule has 2 aromatic carbocycles. The standard InChI is InChI=1S/C21H24N4O3S/c1-16(26)25-13-4-6-17-14-18(9-10-20(17)25)29(27,28)23-11-5-12-24-15-22-19-7-2-3-8-21(19)24/h2-3,7-10,14-15,23H,4-6,11-13H2,1H3. The maximum atomic E-state index is 12.7. The first-order valence-corrected chi connectivity index (χ1v) is 11.2. The molecule has 152 valence electrons. The van der Waals surface area contributed by atoms with Gasteiger partial charge in [0.2, 0.25) is 15.9 Å². The minimum Gasteiger partial charge on any atom is -0.331 e. The average Bonchev–Trinajstić information content (AvgIpc) is 3.13. The van der Waals surface area contributed by atoms with Crippen molar-refractivity contribution in [2.75, 3.05) is 18.0 Å². The minimum atomic E-state index is -3.59. The summed E-state index contributed by atoms with van der Waals surface area (Å²) in [7, 11) is -3.59. The molecule has 29 heavy (non-hydrogen) atoms. The zero-order chi connectivity index (χ0) is 20.4. The van der Waals surface area contributed by atoms with Crippen LogP contribution in [0.15, 0.2) is 53.7 Å². The lowest BCUT2D eigenvalue weighted by Crippen LogP contribution is -2.33. The molecule has 1 aliphatic rings. The summed E-state index contributed by atoms with van der Waals surface area (Å²) in [5, 5.41) is 0. The molecular formula is C21H24N4O3S. The number of benzene rings is 2. The monoisotopic (exact) mass is 412 g/mol. The number of hydrogen-bond acceptors (Lipinski definition) is 4. The third-order valence-electron chi connectivity index (χ3n) is 5.26. The Morgan fingerprint density at radius 1 is 1.21 bits per heavy atom. The summed E-state index contributed by atoms with van der Waals surface area (Å²) in [5.41, 5.74) is 3.69. The molecule has 1 aromatic heterocycles. The Bertz CT molecular complexity index is 1150. The molecule has 0 spiro atoms. The molecule has 1 aliphatic heterocycles. The number of imidazole rings is 1. The van der Waals surface area contributed by atoms with Gasteiger partial charge in [0, 0.05) is 32.2 Å². The van der Waals surface area contributed by atoms with Gasteiger partial charge in [-0.2, -0.15) is 0 Å². The number of nitrogens with zero attached hydrogens (tertiary/aromatic N) is 3. The van der Waals surface area contributed by atoms with Crippen molar-refractivity contribution in [3.8, 4) is 0 Å². The lowest BCUT2D eigenvalue weighted by Gasteiger charge is -2.28. The van der Waals surface area contributed by atoms with Gasteiger partial charge < -0.3 is 9.47 Å². The smallest absolute Gasteiger partial charge is 0.240 e. The summed E-state index contributed by atoms with van der Waals surface area (Å²) >= 11 is 0. The van der Waals surface area contributed by atoms with Crippen molar-refractivity contribution in [1.29, 1.82) is 0 Å². The molecule has 1 amide bonds. The average molecular weight is 413 g/mol. The number of nitrogens with one attached hydrogen (secondary N) is 1. The van der Waals surface area contributed by atoms with Crippen molar-refractivity contribution in [2.45, 2.75) is 37.6 Å². The second-order valence-electron chi connectivity index (χ2n) is 7.24. The number of carbonyl (C=O) groups excluding carboxylic acids is 1. The van der Waals surface area contributed by atoms with Crippen LogP contribution in [0.2, 0.25) is 0 Å². The van der Waals surface area contributed by atoms with Crippen LogP contribution in [0, 0.1) is 0 Å². The van der Waals surface area contributed by atoms with E-state index in [4.69, 9.17) is 0 Å². The fourth-order valence-corrected chi connectivity index (χ4v) is 4.92. The van der Waals surface area contributed by atoms with Crippen LogP contribution in [-0.2, 0) is 27.8 Å². The Balaban J connectivity index is 1.41. The minimum absolute atomic E-state index is 0.0216. The Morgan fingerprint density at radius 3 is 2.86 bits per heavy atom. The highest BCUT2D eigenvalue weighted by atomic mass is 32.2. The zero-order valence-electron chi connectivity index (χ0n) is 16.3. The Morgan fingerprint density at radius 2 is 2.03 bits per heavy atom. The Kier molecular flexibility index (Phi) is 5.38. The summed E-state index contributed by atoms with van der Waals surface area (Å²) in [6.07, 6.45) is 4.05. The fourth-order valence-electron chi connectivity index (χ4n) is 3.80. The van der Waals surface area contributed by atoms with Crippen LogP contribution in [0.3, 0.4) is 0 Å². The van der Waals surface area contributed by atoms with Crippen LogP contribution in [0.4, 0.5) is 5.69 Å². The van der Waals surface area contributed by atoms with Crippen LogP contribution in [0.5, 0.6) is 0 Å². The van der Waals surface area contributed by atoms with Gasteiger partial charge in [-0.25, -0.2) is 18.1 Å². The number of carbonyl (C=O) groups is 1. The summed E-state index contributed by atoms with van der Waals surface area (Å²) in [6.45, 7) is 3.23. The highest BCUT2D eigenvalue weighted by Gasteiger charge is 2.22. The lowest BCUT2D eigenvalue weighted by atomic mass is 10.0. The van der Waals surface area contributed by atoms with E-state index in [0.717, 1.165) is 35.1 Å². The fraction of sp³-hybridized carbons (Fsp3) is 0.333. The summed E-state index contributed by atoms with van der Waals surface area (Å²) < 4.78 is 30.1. The SMILES string of the molecule is CC(=O)N1CCCc2cc(S(=O)(=O)NCCCn3cnc4ccccc43)ccc21. The van der Waals surface area contributed by atoms with E-state index >= 15 is 0 Å². The molecule has 2 heterocycles. The van der Waals surface area contributed by atoms with Crippen molar-refractivity contribution >= 4 is 32.7 Å².